The minimum absolute atomic E-state index is 0.174. The molecule has 1 heterocycles. The molecule has 0 bridgehead atoms. The van der Waals surface area contributed by atoms with E-state index in [2.05, 4.69) is 83.4 Å². The van der Waals surface area contributed by atoms with Gasteiger partial charge in [0, 0.05) is 6.20 Å². The smallest absolute Gasteiger partial charge is 0.135 e. The summed E-state index contributed by atoms with van der Waals surface area (Å²) in [7, 11) is 0. The first-order valence-corrected chi connectivity index (χ1v) is 14.5. The molecule has 0 aliphatic carbocycles. The van der Waals surface area contributed by atoms with Crippen molar-refractivity contribution in [1.29, 1.82) is 5.26 Å². The maximum Gasteiger partial charge on any atom is 0.135 e. The van der Waals surface area contributed by atoms with Crippen LogP contribution in [0.1, 0.15) is 47.4 Å². The van der Waals surface area contributed by atoms with Crippen molar-refractivity contribution < 1.29 is 5.11 Å². The number of hydrogen-bond acceptors (Lipinski definition) is 3. The molecule has 0 spiro atoms. The van der Waals surface area contributed by atoms with Crippen LogP contribution < -0.4 is 0 Å². The van der Waals surface area contributed by atoms with Crippen molar-refractivity contribution in [2.75, 3.05) is 0 Å². The highest BCUT2D eigenvalue weighted by Gasteiger charge is 2.42. The Kier molecular flexibility index (Phi) is 7.50. The lowest BCUT2D eigenvalue weighted by Crippen LogP contribution is -2.37. The maximum absolute atomic E-state index is 12.6. The lowest BCUT2D eigenvalue weighted by atomic mass is 9.76. The Morgan fingerprint density at radius 3 is 1.65 bits per heavy atom. The standard InChI is InChI=1S/C39H33N3O/c1-29(2)39(43,36-20-12-13-32(25-36)31-23-21-30(26-40)22-24-31)37-27-42(28-41-37)38(33-14-6-3-7-15-33,34-16-8-4-9-17-34)35-18-10-5-11-19-35/h3-25,27-29,43H,1-2H3. The van der Waals surface area contributed by atoms with Gasteiger partial charge in [0.25, 0.3) is 0 Å². The Balaban J connectivity index is 1.54. The second kappa shape index (κ2) is 11.6. The van der Waals surface area contributed by atoms with Gasteiger partial charge in [0.15, 0.2) is 0 Å². The average Bonchev–Trinajstić information content (AvgIpc) is 3.57. The monoisotopic (exact) mass is 559 g/mol. The van der Waals surface area contributed by atoms with Gasteiger partial charge in [-0.05, 0) is 57.5 Å². The molecule has 6 rings (SSSR count). The maximum atomic E-state index is 12.6. The van der Waals surface area contributed by atoms with Gasteiger partial charge in [-0.25, -0.2) is 4.98 Å². The van der Waals surface area contributed by atoms with Crippen LogP contribution in [0, 0.1) is 17.2 Å². The highest BCUT2D eigenvalue weighted by atomic mass is 16.3. The van der Waals surface area contributed by atoms with Crippen molar-refractivity contribution in [3.8, 4) is 17.2 Å². The molecule has 0 radical (unpaired) electrons. The molecule has 0 fully saturated rings. The van der Waals surface area contributed by atoms with Gasteiger partial charge in [0.2, 0.25) is 0 Å². The van der Waals surface area contributed by atoms with Gasteiger partial charge in [0.1, 0.15) is 11.1 Å². The largest absolute Gasteiger partial charge is 0.378 e. The van der Waals surface area contributed by atoms with E-state index in [4.69, 9.17) is 4.98 Å². The molecule has 0 aliphatic rings. The zero-order valence-corrected chi connectivity index (χ0v) is 24.3. The highest BCUT2D eigenvalue weighted by Crippen LogP contribution is 2.43. The van der Waals surface area contributed by atoms with E-state index in [-0.39, 0.29) is 5.92 Å². The minimum atomic E-state index is -1.36. The van der Waals surface area contributed by atoms with Crippen molar-refractivity contribution in [3.05, 3.63) is 186 Å². The first-order chi connectivity index (χ1) is 21.0. The van der Waals surface area contributed by atoms with E-state index >= 15 is 0 Å². The van der Waals surface area contributed by atoms with Crippen LogP contribution in [0.15, 0.2) is 152 Å². The summed E-state index contributed by atoms with van der Waals surface area (Å²) in [6.07, 6.45) is 3.85. The molecule has 210 valence electrons. The number of nitrogens with zero attached hydrogens (tertiary/aromatic N) is 3. The third-order valence-corrected chi connectivity index (χ3v) is 8.42. The highest BCUT2D eigenvalue weighted by molar-refractivity contribution is 5.65. The van der Waals surface area contributed by atoms with Crippen LogP contribution in [0.2, 0.25) is 0 Å². The zero-order valence-electron chi connectivity index (χ0n) is 24.3. The first kappa shape index (κ1) is 27.9. The van der Waals surface area contributed by atoms with Gasteiger partial charge in [-0.1, -0.05) is 135 Å². The summed E-state index contributed by atoms with van der Waals surface area (Å²) in [5.41, 5.74) is 5.09. The van der Waals surface area contributed by atoms with Crippen molar-refractivity contribution in [2.24, 2.45) is 5.92 Å². The fourth-order valence-corrected chi connectivity index (χ4v) is 6.14. The molecule has 6 aromatic rings. The fourth-order valence-electron chi connectivity index (χ4n) is 6.14. The van der Waals surface area contributed by atoms with E-state index in [1.165, 1.54) is 0 Å². The summed E-state index contributed by atoms with van der Waals surface area (Å²) < 4.78 is 2.14. The molecule has 0 amide bonds. The van der Waals surface area contributed by atoms with E-state index in [0.29, 0.717) is 11.3 Å². The molecule has 43 heavy (non-hydrogen) atoms. The molecular weight excluding hydrogens is 526 g/mol. The summed E-state index contributed by atoms with van der Waals surface area (Å²) in [5.74, 6) is -0.174. The van der Waals surface area contributed by atoms with Crippen LogP contribution in [0.25, 0.3) is 11.1 Å². The van der Waals surface area contributed by atoms with E-state index in [1.807, 2.05) is 93.1 Å². The van der Waals surface area contributed by atoms with Gasteiger partial charge in [-0.2, -0.15) is 5.26 Å². The van der Waals surface area contributed by atoms with Crippen molar-refractivity contribution >= 4 is 0 Å². The number of rotatable bonds is 8. The van der Waals surface area contributed by atoms with Gasteiger partial charge in [0.05, 0.1) is 23.7 Å². The van der Waals surface area contributed by atoms with Gasteiger partial charge in [-0.3, -0.25) is 0 Å². The predicted molar refractivity (Wildman–Crippen MR) is 171 cm³/mol. The Morgan fingerprint density at radius 2 is 1.16 bits per heavy atom. The van der Waals surface area contributed by atoms with Crippen molar-refractivity contribution in [3.63, 3.8) is 0 Å². The van der Waals surface area contributed by atoms with E-state index < -0.39 is 11.1 Å². The number of aromatic nitrogens is 2. The van der Waals surface area contributed by atoms with Crippen LogP contribution in [0.4, 0.5) is 0 Å². The zero-order chi connectivity index (χ0) is 29.9. The van der Waals surface area contributed by atoms with Crippen LogP contribution in [-0.2, 0) is 11.1 Å². The number of benzene rings is 5. The fraction of sp³-hybridized carbons (Fsp3) is 0.128. The first-order valence-electron chi connectivity index (χ1n) is 14.5. The topological polar surface area (TPSA) is 61.8 Å². The Labute approximate surface area is 253 Å². The van der Waals surface area contributed by atoms with E-state index in [9.17, 15) is 10.4 Å². The van der Waals surface area contributed by atoms with Crippen LogP contribution in [0.5, 0.6) is 0 Å². The molecule has 1 N–H and O–H groups in total. The number of nitriles is 1. The van der Waals surface area contributed by atoms with Crippen LogP contribution in [-0.4, -0.2) is 14.7 Å². The molecular formula is C39H33N3O. The minimum Gasteiger partial charge on any atom is -0.378 e. The van der Waals surface area contributed by atoms with Crippen LogP contribution >= 0.6 is 0 Å². The summed E-state index contributed by atoms with van der Waals surface area (Å²) in [4.78, 5) is 4.93. The molecule has 0 saturated carbocycles. The lowest BCUT2D eigenvalue weighted by Gasteiger charge is -2.37. The quantitative estimate of drug-likeness (QED) is 0.191. The van der Waals surface area contributed by atoms with Gasteiger partial charge < -0.3 is 9.67 Å². The van der Waals surface area contributed by atoms with Gasteiger partial charge in [-0.15, -0.1) is 0 Å². The summed E-state index contributed by atoms with van der Waals surface area (Å²) >= 11 is 0. The van der Waals surface area contributed by atoms with E-state index in [1.54, 1.807) is 0 Å². The Bertz CT molecular complexity index is 1760. The second-order valence-corrected chi connectivity index (χ2v) is 11.2. The molecule has 1 unspecified atom stereocenters. The molecule has 4 heteroatoms. The number of aliphatic hydroxyl groups is 1. The molecule has 4 nitrogen and oxygen atoms in total. The third-order valence-electron chi connectivity index (χ3n) is 8.42. The van der Waals surface area contributed by atoms with Crippen LogP contribution in [0.3, 0.4) is 0 Å². The third kappa shape index (κ3) is 4.84. The molecule has 0 saturated heterocycles. The lowest BCUT2D eigenvalue weighted by molar-refractivity contribution is 0.0278. The summed E-state index contributed by atoms with van der Waals surface area (Å²) in [6, 6.07) is 49.0. The van der Waals surface area contributed by atoms with Crippen molar-refractivity contribution in [1.82, 2.24) is 9.55 Å². The molecule has 5 aromatic carbocycles. The van der Waals surface area contributed by atoms with Crippen molar-refractivity contribution in [2.45, 2.75) is 25.0 Å². The molecule has 1 aromatic heterocycles. The normalized spacial score (nSPS) is 12.9. The Hall–Kier alpha value is -5.24. The number of imidazole rings is 1. The number of hydrogen-bond donors (Lipinski definition) is 1. The van der Waals surface area contributed by atoms with E-state index in [0.717, 1.165) is 33.4 Å². The molecule has 1 atom stereocenters. The SMILES string of the molecule is CC(C)C(O)(c1cccc(-c2ccc(C#N)cc2)c1)c1cn(C(c2ccccc2)(c2ccccc2)c2ccccc2)cn1. The Morgan fingerprint density at radius 1 is 0.651 bits per heavy atom. The summed E-state index contributed by atoms with van der Waals surface area (Å²) in [5, 5.41) is 21.8. The summed E-state index contributed by atoms with van der Waals surface area (Å²) in [6.45, 7) is 4.04. The average molecular weight is 560 g/mol. The molecule has 0 aliphatic heterocycles. The second-order valence-electron chi connectivity index (χ2n) is 11.2. The predicted octanol–water partition coefficient (Wildman–Crippen LogP) is 8.15. The van der Waals surface area contributed by atoms with Gasteiger partial charge >= 0.3 is 0 Å².